The molecule has 0 rings (SSSR count). The number of aliphatic hydroxyl groups is 1. The van der Waals surface area contributed by atoms with Gasteiger partial charge in [0, 0.05) is 25.7 Å². The van der Waals surface area contributed by atoms with Crippen molar-refractivity contribution in [2.45, 2.75) is 413 Å². The number of unbranched alkanes of at least 4 members (excludes halogenated alkanes) is 44. The Hall–Kier alpha value is -1.94. The molecule has 564 valence electrons. The fourth-order valence-corrected chi connectivity index (χ4v) is 13.2. The summed E-state index contributed by atoms with van der Waals surface area (Å²) in [5.41, 5.74) is 0. The minimum Gasteiger partial charge on any atom is -0.462 e. The topological polar surface area (TPSA) is 237 Å². The molecule has 0 aliphatic rings. The van der Waals surface area contributed by atoms with Crippen LogP contribution in [0.15, 0.2) is 0 Å². The minimum absolute atomic E-state index is 0.105. The van der Waals surface area contributed by atoms with Crippen LogP contribution in [-0.2, 0) is 65.4 Å². The van der Waals surface area contributed by atoms with Crippen LogP contribution in [0, 0.1) is 11.8 Å². The number of aliphatic hydroxyl groups excluding tert-OH is 1. The number of esters is 4. The third kappa shape index (κ3) is 69.0. The Bertz CT molecular complexity index is 1840. The van der Waals surface area contributed by atoms with E-state index >= 15 is 0 Å². The Balaban J connectivity index is 5.25. The van der Waals surface area contributed by atoms with Crippen LogP contribution in [0.5, 0.6) is 0 Å². The number of ether oxygens (including phenoxy) is 4. The molecule has 0 spiro atoms. The van der Waals surface area contributed by atoms with E-state index < -0.39 is 97.5 Å². The molecule has 95 heavy (non-hydrogen) atoms. The normalized spacial score (nSPS) is 14.3. The lowest BCUT2D eigenvalue weighted by Gasteiger charge is -2.21. The predicted octanol–water partition coefficient (Wildman–Crippen LogP) is 22.3. The molecule has 0 saturated heterocycles. The maximum absolute atomic E-state index is 13.1. The third-order valence-electron chi connectivity index (χ3n) is 18.1. The van der Waals surface area contributed by atoms with Gasteiger partial charge in [-0.3, -0.25) is 37.3 Å². The molecule has 0 aromatic rings. The molecule has 0 amide bonds. The van der Waals surface area contributed by atoms with Crippen LogP contribution in [0.3, 0.4) is 0 Å². The van der Waals surface area contributed by atoms with Crippen molar-refractivity contribution >= 4 is 39.5 Å². The summed E-state index contributed by atoms with van der Waals surface area (Å²) in [6.45, 7) is 9.55. The first kappa shape index (κ1) is 93.1. The Morgan fingerprint density at radius 3 is 0.800 bits per heavy atom. The molecule has 19 heteroatoms. The molecule has 6 atom stereocenters. The van der Waals surface area contributed by atoms with Crippen LogP contribution in [0.2, 0.25) is 0 Å². The van der Waals surface area contributed by atoms with Gasteiger partial charge in [-0.05, 0) is 37.5 Å². The second-order valence-electron chi connectivity index (χ2n) is 28.1. The molecule has 3 N–H and O–H groups in total. The lowest BCUT2D eigenvalue weighted by atomic mass is 10.00. The summed E-state index contributed by atoms with van der Waals surface area (Å²) in [7, 11) is -9.91. The number of phosphoric acid groups is 2. The number of rotatable bonds is 75. The molecule has 0 aliphatic carbocycles. The quantitative estimate of drug-likeness (QED) is 0.0222. The van der Waals surface area contributed by atoms with Crippen LogP contribution in [0.1, 0.15) is 395 Å². The van der Waals surface area contributed by atoms with Crippen molar-refractivity contribution in [1.82, 2.24) is 0 Å². The van der Waals surface area contributed by atoms with Gasteiger partial charge in [0.2, 0.25) is 0 Å². The predicted molar refractivity (Wildman–Crippen MR) is 386 cm³/mol. The summed E-state index contributed by atoms with van der Waals surface area (Å²) in [4.78, 5) is 72.8. The van der Waals surface area contributed by atoms with Crippen LogP contribution in [-0.4, -0.2) is 96.7 Å². The fraction of sp³-hybridized carbons (Fsp3) is 0.947. The minimum atomic E-state index is -4.96. The van der Waals surface area contributed by atoms with E-state index in [1.807, 2.05) is 0 Å². The maximum atomic E-state index is 13.1. The van der Waals surface area contributed by atoms with Gasteiger partial charge in [0.25, 0.3) is 0 Å². The zero-order valence-electron chi connectivity index (χ0n) is 62.0. The molecule has 0 aromatic carbocycles. The average molecular weight is 1400 g/mol. The van der Waals surface area contributed by atoms with Crippen molar-refractivity contribution in [3.8, 4) is 0 Å². The van der Waals surface area contributed by atoms with Crippen LogP contribution in [0.4, 0.5) is 0 Å². The fourth-order valence-electron chi connectivity index (χ4n) is 11.6. The second-order valence-corrected chi connectivity index (χ2v) is 31.0. The Morgan fingerprint density at radius 2 is 0.537 bits per heavy atom. The molecule has 0 radical (unpaired) electrons. The van der Waals surface area contributed by atoms with Crippen molar-refractivity contribution < 1.29 is 80.2 Å². The van der Waals surface area contributed by atoms with E-state index in [0.717, 1.165) is 108 Å². The third-order valence-corrected chi connectivity index (χ3v) is 20.0. The van der Waals surface area contributed by atoms with E-state index in [1.54, 1.807) is 0 Å². The van der Waals surface area contributed by atoms with Crippen molar-refractivity contribution in [2.75, 3.05) is 39.6 Å². The maximum Gasteiger partial charge on any atom is 0.472 e. The second kappa shape index (κ2) is 67.9. The lowest BCUT2D eigenvalue weighted by molar-refractivity contribution is -0.161. The van der Waals surface area contributed by atoms with Gasteiger partial charge in [-0.1, -0.05) is 343 Å². The van der Waals surface area contributed by atoms with E-state index in [2.05, 4.69) is 41.5 Å². The highest BCUT2D eigenvalue weighted by Crippen LogP contribution is 2.45. The molecular weight excluding hydrogens is 1250 g/mol. The first-order chi connectivity index (χ1) is 45.9. The van der Waals surface area contributed by atoms with Gasteiger partial charge in [0.15, 0.2) is 12.2 Å². The number of carbonyl (C=O) groups is 4. The summed E-state index contributed by atoms with van der Waals surface area (Å²) >= 11 is 0. The summed E-state index contributed by atoms with van der Waals surface area (Å²) < 4.78 is 68.5. The molecule has 0 bridgehead atoms. The standard InChI is InChI=1S/C76H148O17P2/c1-7-10-12-14-16-18-20-22-24-25-27-29-31-36-40-48-54-60-75(80)92-71(64-86-73(78)58-52-46-39-35-30-28-26-23-21-19-17-15-13-11-8-2)66-90-94(82,83)88-62-70(77)63-89-95(84,85)91-67-72(65-87-74(79)59-53-47-43-42-45-51-57-69(6)9-3)93-76(81)61-55-49-41-37-33-32-34-38-44-50-56-68(4)5/h68-72,77H,7-67H2,1-6H3,(H,82,83)(H,84,85)/t69?,70-,71-,72-/m1/s1. The van der Waals surface area contributed by atoms with Crippen molar-refractivity contribution in [1.29, 1.82) is 0 Å². The number of carbonyl (C=O) groups excluding carboxylic acids is 4. The van der Waals surface area contributed by atoms with E-state index in [-0.39, 0.29) is 25.7 Å². The van der Waals surface area contributed by atoms with Gasteiger partial charge >= 0.3 is 39.5 Å². The molecule has 0 heterocycles. The van der Waals surface area contributed by atoms with Crippen molar-refractivity contribution in [3.63, 3.8) is 0 Å². The van der Waals surface area contributed by atoms with Crippen LogP contribution < -0.4 is 0 Å². The van der Waals surface area contributed by atoms with Gasteiger partial charge in [0.05, 0.1) is 26.4 Å². The first-order valence-electron chi connectivity index (χ1n) is 39.5. The number of phosphoric ester groups is 2. The van der Waals surface area contributed by atoms with E-state index in [0.29, 0.717) is 25.7 Å². The molecule has 0 aliphatic heterocycles. The monoisotopic (exact) mass is 1400 g/mol. The summed E-state index contributed by atoms with van der Waals surface area (Å²) in [6, 6.07) is 0. The smallest absolute Gasteiger partial charge is 0.462 e. The highest BCUT2D eigenvalue weighted by atomic mass is 31.2. The summed E-state index contributed by atoms with van der Waals surface area (Å²) in [5.74, 6) is -0.633. The molecular formula is C76H148O17P2. The number of hydrogen-bond acceptors (Lipinski definition) is 15. The Kier molecular flexibility index (Phi) is 66.5. The van der Waals surface area contributed by atoms with Crippen LogP contribution >= 0.6 is 15.6 Å². The zero-order chi connectivity index (χ0) is 70.0. The van der Waals surface area contributed by atoms with Gasteiger partial charge in [-0.15, -0.1) is 0 Å². The molecule has 17 nitrogen and oxygen atoms in total. The SMILES string of the molecule is CCCCCCCCCCCCCCCCCCCC(=O)O[C@H](COC(=O)CCCCCCCCCCCCCCCCC)COP(=O)(O)OC[C@@H](O)COP(=O)(O)OC[C@@H](COC(=O)CCCCCCCCC(C)CC)OC(=O)CCCCCCCCCCCCC(C)C. The highest BCUT2D eigenvalue weighted by molar-refractivity contribution is 7.47. The van der Waals surface area contributed by atoms with Gasteiger partial charge in [0.1, 0.15) is 19.3 Å². The average Bonchev–Trinajstić information content (AvgIpc) is 2.09. The Morgan fingerprint density at radius 1 is 0.305 bits per heavy atom. The van der Waals surface area contributed by atoms with Gasteiger partial charge in [-0.2, -0.15) is 0 Å². The van der Waals surface area contributed by atoms with E-state index in [1.165, 1.54) is 205 Å². The van der Waals surface area contributed by atoms with Gasteiger partial charge in [-0.25, -0.2) is 9.13 Å². The summed E-state index contributed by atoms with van der Waals surface area (Å²) in [6.07, 6.45) is 55.5. The number of hydrogen-bond donors (Lipinski definition) is 3. The van der Waals surface area contributed by atoms with Gasteiger partial charge < -0.3 is 33.8 Å². The lowest BCUT2D eigenvalue weighted by Crippen LogP contribution is -2.30. The highest BCUT2D eigenvalue weighted by Gasteiger charge is 2.30. The first-order valence-corrected chi connectivity index (χ1v) is 42.5. The zero-order valence-corrected chi connectivity index (χ0v) is 63.8. The Labute approximate surface area is 581 Å². The molecule has 0 saturated carbocycles. The van der Waals surface area contributed by atoms with Crippen molar-refractivity contribution in [2.24, 2.45) is 11.8 Å². The molecule has 0 aromatic heterocycles. The van der Waals surface area contributed by atoms with E-state index in [9.17, 15) is 43.2 Å². The van der Waals surface area contributed by atoms with Crippen molar-refractivity contribution in [3.05, 3.63) is 0 Å². The molecule has 0 fully saturated rings. The largest absolute Gasteiger partial charge is 0.472 e. The van der Waals surface area contributed by atoms with E-state index in [4.69, 9.17) is 37.0 Å². The molecule has 3 unspecified atom stereocenters. The van der Waals surface area contributed by atoms with Crippen LogP contribution in [0.25, 0.3) is 0 Å². The summed E-state index contributed by atoms with van der Waals surface area (Å²) in [5, 5.41) is 10.6.